The molecule has 0 bridgehead atoms. The molecule has 0 spiro atoms. The first-order valence-corrected chi connectivity index (χ1v) is 15.0. The molecule has 12 heteroatoms. The molecule has 1 saturated heterocycles. The molecule has 4 aromatic heterocycles. The van der Waals surface area contributed by atoms with Crippen molar-refractivity contribution in [3.8, 4) is 6.07 Å². The molecule has 1 aliphatic heterocycles. The Hall–Kier alpha value is -3.15. The summed E-state index contributed by atoms with van der Waals surface area (Å²) in [5.41, 5.74) is 2.44. The third-order valence-electron chi connectivity index (χ3n) is 6.78. The fourth-order valence-electron chi connectivity index (χ4n) is 4.00. The predicted octanol–water partition coefficient (Wildman–Crippen LogP) is 0.245. The van der Waals surface area contributed by atoms with E-state index in [9.17, 15) is 0 Å². The fourth-order valence-corrected chi connectivity index (χ4v) is 7.11. The zero-order valence-corrected chi connectivity index (χ0v) is 24.2. The molecule has 0 saturated carbocycles. The van der Waals surface area contributed by atoms with E-state index in [1.807, 2.05) is 36.7 Å². The van der Waals surface area contributed by atoms with Crippen molar-refractivity contribution in [2.75, 3.05) is 9.74 Å². The summed E-state index contributed by atoms with van der Waals surface area (Å²) in [6, 6.07) is 9.88. The number of pyridine rings is 2. The van der Waals surface area contributed by atoms with Crippen LogP contribution in [0.25, 0.3) is 11.0 Å². The zero-order chi connectivity index (χ0) is 26.9. The first kappa shape index (κ1) is 26.5. The maximum atomic E-state index is 8.90. The quantitative estimate of drug-likeness (QED) is 0.167. The first-order chi connectivity index (χ1) is 18.2. The second-order valence-electron chi connectivity index (χ2n) is 10.2. The molecular weight excluding hydrogens is 594 g/mol. The average Bonchev–Trinajstić information content (AvgIpc) is 3.43. The van der Waals surface area contributed by atoms with Gasteiger partial charge in [0, 0.05) is 0 Å². The molecule has 1 aliphatic rings. The van der Waals surface area contributed by atoms with Crippen molar-refractivity contribution in [2.45, 2.75) is 58.3 Å². The van der Waals surface area contributed by atoms with Crippen LogP contribution in [0.2, 0.25) is 0 Å². The number of hydrogen-bond acceptors (Lipinski definition) is 9. The van der Waals surface area contributed by atoms with Crippen molar-refractivity contribution in [1.29, 1.82) is 5.26 Å². The van der Waals surface area contributed by atoms with Gasteiger partial charge in [-0.25, -0.2) is 0 Å². The van der Waals surface area contributed by atoms with Crippen molar-refractivity contribution in [2.24, 2.45) is 0 Å². The summed E-state index contributed by atoms with van der Waals surface area (Å²) in [5.74, 6) is 1.66. The fraction of sp³-hybridized carbons (Fsp3) is 0.385. The van der Waals surface area contributed by atoms with Gasteiger partial charge in [0.05, 0.1) is 6.20 Å². The number of hydrogen-bond donors (Lipinski definition) is 1. The number of aromatic nitrogens is 6. The van der Waals surface area contributed by atoms with Gasteiger partial charge in [-0.15, -0.1) is 0 Å². The third kappa shape index (κ3) is 5.50. The Bertz CT molecular complexity index is 1500. The van der Waals surface area contributed by atoms with Crippen LogP contribution in [-0.2, 0) is 15.9 Å². The molecule has 0 aliphatic carbocycles. The molecule has 1 unspecified atom stereocenters. The van der Waals surface area contributed by atoms with Crippen molar-refractivity contribution >= 4 is 35.3 Å². The van der Waals surface area contributed by atoms with Gasteiger partial charge in [0.25, 0.3) is 0 Å². The van der Waals surface area contributed by atoms with Crippen LogP contribution in [0.3, 0.4) is 0 Å². The van der Waals surface area contributed by atoms with Crippen LogP contribution in [0.4, 0.5) is 11.6 Å². The van der Waals surface area contributed by atoms with Gasteiger partial charge in [0.1, 0.15) is 0 Å². The molecule has 1 N–H and O–H groups in total. The number of halogens is 1. The van der Waals surface area contributed by atoms with E-state index < -0.39 is 18.3 Å². The summed E-state index contributed by atoms with van der Waals surface area (Å²) < 4.78 is 16.7. The van der Waals surface area contributed by atoms with Gasteiger partial charge in [0.2, 0.25) is 0 Å². The molecule has 38 heavy (non-hydrogen) atoms. The molecule has 0 amide bonds. The number of fused-ring (bicyclic) bond motifs is 1. The van der Waals surface area contributed by atoms with Gasteiger partial charge < -0.3 is 0 Å². The van der Waals surface area contributed by atoms with Crippen LogP contribution in [0.5, 0.6) is 0 Å². The molecule has 1 atom stereocenters. The first-order valence-electron chi connectivity index (χ1n) is 12.4. The summed E-state index contributed by atoms with van der Waals surface area (Å²) >= 11 is -0.386. The van der Waals surface area contributed by atoms with Crippen LogP contribution >= 0.6 is 0 Å². The van der Waals surface area contributed by atoms with Gasteiger partial charge in [-0.05, 0) is 11.5 Å². The number of alkyl halides is 1. The van der Waals surface area contributed by atoms with Gasteiger partial charge in [-0.1, -0.05) is 13.8 Å². The molecule has 196 valence electrons. The summed E-state index contributed by atoms with van der Waals surface area (Å²) in [6.45, 7) is 10.7. The molecule has 5 heterocycles. The van der Waals surface area contributed by atoms with Crippen LogP contribution < -0.4 is 32.0 Å². The molecule has 1 fully saturated rings. The van der Waals surface area contributed by atoms with E-state index in [1.165, 1.54) is 3.57 Å². The summed E-state index contributed by atoms with van der Waals surface area (Å²) in [6.07, 6.45) is 7.38. The van der Waals surface area contributed by atoms with Crippen LogP contribution in [0.15, 0.2) is 49.1 Å². The van der Waals surface area contributed by atoms with E-state index >= 15 is 0 Å². The Morgan fingerprint density at radius 3 is 2.74 bits per heavy atom. The standard InChI is InChI=1S/C26H29BIN8O2/c1-17(2)18-10-24(35-31-12-18)34-23-7-6-21-22(33-23)11-19(13-30-21)27-37-25(3,4)26(5,38-27)16-28-20-14-32-36(15-20)9-8-29/h6-7,10-15,17H,9,16H2,1-5H3,(H,33,34,35)/q-1. The molecular formula is C26H29BIN8O2-. The predicted molar refractivity (Wildman–Crippen MR) is 140 cm³/mol. The van der Waals surface area contributed by atoms with Crippen molar-refractivity contribution in [3.63, 3.8) is 0 Å². The van der Waals surface area contributed by atoms with Crippen molar-refractivity contribution in [3.05, 3.63) is 58.2 Å². The van der Waals surface area contributed by atoms with E-state index in [4.69, 9.17) is 19.6 Å². The van der Waals surface area contributed by atoms with E-state index in [0.717, 1.165) is 26.5 Å². The Labute approximate surface area is 232 Å². The molecule has 5 rings (SSSR count). The number of nitrogens with one attached hydrogen (secondary N) is 1. The summed E-state index contributed by atoms with van der Waals surface area (Å²) in [4.78, 5) is 9.38. The number of rotatable bonds is 8. The Morgan fingerprint density at radius 1 is 1.11 bits per heavy atom. The van der Waals surface area contributed by atoms with Gasteiger partial charge in [-0.3, -0.25) is 0 Å². The van der Waals surface area contributed by atoms with Crippen LogP contribution in [0.1, 0.15) is 46.1 Å². The van der Waals surface area contributed by atoms with Gasteiger partial charge >= 0.3 is 197 Å². The minimum absolute atomic E-state index is 0.256. The maximum absolute atomic E-state index is 8.90. The summed E-state index contributed by atoms with van der Waals surface area (Å²) in [7, 11) is -0.552. The second-order valence-corrected chi connectivity index (χ2v) is 13.0. The number of nitrogens with zero attached hydrogens (tertiary/aromatic N) is 7. The number of anilines is 2. The zero-order valence-electron chi connectivity index (χ0n) is 22.0. The van der Waals surface area contributed by atoms with Crippen molar-refractivity contribution < 1.29 is 30.5 Å². The second kappa shape index (κ2) is 10.6. The normalized spacial score (nSPS) is 18.8. The van der Waals surface area contributed by atoms with E-state index in [-0.39, 0.29) is 27.7 Å². The Kier molecular flexibility index (Phi) is 7.35. The SMILES string of the molecule is CC(C)c1cnnc(Nc2ccc3ncc(B4OC(C)(C)C(C)(C[I-]c5cnn(CC#N)c5)O4)cc3n2)c1. The third-order valence-corrected chi connectivity index (χ3v) is 10.1. The summed E-state index contributed by atoms with van der Waals surface area (Å²) in [5, 5.41) is 24.7. The van der Waals surface area contributed by atoms with Crippen LogP contribution in [0, 0.1) is 14.9 Å². The number of nitriles is 1. The van der Waals surface area contributed by atoms with E-state index in [0.29, 0.717) is 17.6 Å². The van der Waals surface area contributed by atoms with Crippen LogP contribution in [-0.4, -0.2) is 52.7 Å². The van der Waals surface area contributed by atoms with E-state index in [2.05, 4.69) is 66.3 Å². The molecule has 10 nitrogen and oxygen atoms in total. The minimum atomic E-state index is -0.552. The van der Waals surface area contributed by atoms with Crippen molar-refractivity contribution in [1.82, 2.24) is 29.9 Å². The molecule has 0 radical (unpaired) electrons. The Morgan fingerprint density at radius 2 is 1.95 bits per heavy atom. The average molecular weight is 623 g/mol. The van der Waals surface area contributed by atoms with Gasteiger partial charge in [-0.2, -0.15) is 5.10 Å². The monoisotopic (exact) mass is 623 g/mol. The topological polar surface area (TPSA) is 124 Å². The molecule has 4 aromatic rings. The van der Waals surface area contributed by atoms with Gasteiger partial charge in [0.15, 0.2) is 0 Å². The Balaban J connectivity index is 1.33. The molecule has 0 aromatic carbocycles. The van der Waals surface area contributed by atoms with E-state index in [1.54, 1.807) is 17.1 Å².